The van der Waals surface area contributed by atoms with Crippen molar-refractivity contribution in [3.63, 3.8) is 0 Å². The van der Waals surface area contributed by atoms with Gasteiger partial charge in [-0.25, -0.2) is 0 Å². The van der Waals surface area contributed by atoms with Gasteiger partial charge in [0, 0.05) is 5.75 Å². The van der Waals surface area contributed by atoms with Gasteiger partial charge in [0.2, 0.25) is 11.0 Å². The summed E-state index contributed by atoms with van der Waals surface area (Å²) in [6.07, 6.45) is 1.79. The molecule has 4 rings (SSSR count). The zero-order chi connectivity index (χ0) is 23.4. The summed E-state index contributed by atoms with van der Waals surface area (Å²) in [5.74, 6) is 0.135. The highest BCUT2D eigenvalue weighted by Gasteiger charge is 2.33. The molecule has 0 aliphatic carbocycles. The zero-order valence-electron chi connectivity index (χ0n) is 17.9. The van der Waals surface area contributed by atoms with E-state index in [2.05, 4.69) is 40.6 Å². The van der Waals surface area contributed by atoms with Gasteiger partial charge in [0.25, 0.3) is 5.91 Å². The van der Waals surface area contributed by atoms with Crippen LogP contribution in [-0.4, -0.2) is 37.8 Å². The predicted octanol–water partition coefficient (Wildman–Crippen LogP) is 5.29. The lowest BCUT2D eigenvalue weighted by Crippen LogP contribution is -2.36. The van der Waals surface area contributed by atoms with Crippen molar-refractivity contribution < 1.29 is 9.59 Å². The van der Waals surface area contributed by atoms with Crippen LogP contribution in [0.25, 0.3) is 6.08 Å². The van der Waals surface area contributed by atoms with Crippen molar-refractivity contribution >= 4 is 74.4 Å². The summed E-state index contributed by atoms with van der Waals surface area (Å²) in [6, 6.07) is 16.1. The standard InChI is InChI=1S/C23H20N4O2S4/c1-14-6-8-16(9-7-14)11-18-20(29)27(23(30)32-18)12-19(28)24-21-25-26-22(33-21)31-13-17-5-3-4-15(2)10-17/h3-11H,12-13H2,1-2H3,(H,24,25,28)/b18-11-. The number of aryl methyl sites for hydroxylation is 2. The molecule has 2 amide bonds. The van der Waals surface area contributed by atoms with Gasteiger partial charge in [-0.15, -0.1) is 10.2 Å². The fourth-order valence-corrected chi connectivity index (χ4v) is 5.98. The molecule has 0 unspecified atom stereocenters. The normalized spacial score (nSPS) is 14.8. The van der Waals surface area contributed by atoms with Crippen LogP contribution in [0.3, 0.4) is 0 Å². The van der Waals surface area contributed by atoms with E-state index in [-0.39, 0.29) is 18.4 Å². The van der Waals surface area contributed by atoms with Gasteiger partial charge in [0.1, 0.15) is 10.9 Å². The molecule has 1 N–H and O–H groups in total. The summed E-state index contributed by atoms with van der Waals surface area (Å²) in [5, 5.41) is 11.3. The Kier molecular flexibility index (Phi) is 7.59. The molecule has 1 aromatic heterocycles. The first-order valence-corrected chi connectivity index (χ1v) is 13.0. The molecule has 2 aromatic carbocycles. The molecule has 1 aliphatic rings. The third-order valence-corrected chi connectivity index (χ3v) is 8.07. The van der Waals surface area contributed by atoms with E-state index >= 15 is 0 Å². The van der Waals surface area contributed by atoms with Gasteiger partial charge < -0.3 is 0 Å². The lowest BCUT2D eigenvalue weighted by atomic mass is 10.1. The minimum absolute atomic E-state index is 0.165. The van der Waals surface area contributed by atoms with Gasteiger partial charge in [0.05, 0.1) is 4.91 Å². The first kappa shape index (κ1) is 23.6. The average molecular weight is 513 g/mol. The number of hydrogen-bond donors (Lipinski definition) is 1. The van der Waals surface area contributed by atoms with Crippen molar-refractivity contribution in [1.82, 2.24) is 15.1 Å². The van der Waals surface area contributed by atoms with E-state index in [1.54, 1.807) is 17.8 Å². The van der Waals surface area contributed by atoms with Crippen LogP contribution in [0.15, 0.2) is 57.8 Å². The van der Waals surface area contributed by atoms with Gasteiger partial charge >= 0.3 is 0 Å². The Balaban J connectivity index is 1.32. The lowest BCUT2D eigenvalue weighted by molar-refractivity contribution is -0.126. The van der Waals surface area contributed by atoms with Crippen LogP contribution >= 0.6 is 47.1 Å². The Labute approximate surface area is 209 Å². The van der Waals surface area contributed by atoms with Crippen LogP contribution in [0, 0.1) is 13.8 Å². The van der Waals surface area contributed by atoms with Crippen molar-refractivity contribution in [3.05, 3.63) is 75.7 Å². The van der Waals surface area contributed by atoms with E-state index in [1.807, 2.05) is 37.3 Å². The topological polar surface area (TPSA) is 75.2 Å². The van der Waals surface area contributed by atoms with E-state index in [0.717, 1.165) is 21.2 Å². The largest absolute Gasteiger partial charge is 0.299 e. The highest BCUT2D eigenvalue weighted by atomic mass is 32.2. The highest BCUT2D eigenvalue weighted by Crippen LogP contribution is 2.33. The molecule has 0 radical (unpaired) electrons. The summed E-state index contributed by atoms with van der Waals surface area (Å²) in [4.78, 5) is 27.1. The number of amides is 2. The van der Waals surface area contributed by atoms with Gasteiger partial charge in [0.15, 0.2) is 4.34 Å². The molecule has 2 heterocycles. The molecule has 10 heteroatoms. The molecule has 0 spiro atoms. The first-order valence-electron chi connectivity index (χ1n) is 10.0. The Morgan fingerprint density at radius 2 is 1.94 bits per heavy atom. The summed E-state index contributed by atoms with van der Waals surface area (Å²) in [7, 11) is 0. The van der Waals surface area contributed by atoms with Crippen molar-refractivity contribution in [3.8, 4) is 0 Å². The lowest BCUT2D eigenvalue weighted by Gasteiger charge is -2.13. The van der Waals surface area contributed by atoms with Crippen LogP contribution in [0.5, 0.6) is 0 Å². The maximum absolute atomic E-state index is 12.8. The molecule has 1 fully saturated rings. The van der Waals surface area contributed by atoms with Gasteiger partial charge in [-0.3, -0.25) is 19.8 Å². The molecule has 6 nitrogen and oxygen atoms in total. The second-order valence-electron chi connectivity index (χ2n) is 7.38. The van der Waals surface area contributed by atoms with Crippen molar-refractivity contribution in [2.45, 2.75) is 23.9 Å². The maximum Gasteiger partial charge on any atom is 0.266 e. The molecule has 1 aliphatic heterocycles. The average Bonchev–Trinajstić information content (AvgIpc) is 3.33. The predicted molar refractivity (Wildman–Crippen MR) is 140 cm³/mol. The van der Waals surface area contributed by atoms with Crippen molar-refractivity contribution in [2.24, 2.45) is 0 Å². The number of carbonyl (C=O) groups is 2. The fraction of sp³-hybridized carbons (Fsp3) is 0.174. The summed E-state index contributed by atoms with van der Waals surface area (Å²) < 4.78 is 1.12. The number of thioether (sulfide) groups is 2. The van der Waals surface area contributed by atoms with Crippen LogP contribution in [-0.2, 0) is 15.3 Å². The molecule has 0 bridgehead atoms. The second-order valence-corrected chi connectivity index (χ2v) is 11.3. The quantitative estimate of drug-likeness (QED) is 0.200. The van der Waals surface area contributed by atoms with Crippen molar-refractivity contribution in [2.75, 3.05) is 11.9 Å². The highest BCUT2D eigenvalue weighted by molar-refractivity contribution is 8.26. The molecule has 0 saturated carbocycles. The molecular formula is C23H20N4O2S4. The number of anilines is 1. The van der Waals surface area contributed by atoms with Crippen molar-refractivity contribution in [1.29, 1.82) is 0 Å². The molecule has 168 valence electrons. The first-order chi connectivity index (χ1) is 15.9. The molecule has 1 saturated heterocycles. The van der Waals surface area contributed by atoms with E-state index < -0.39 is 0 Å². The zero-order valence-corrected chi connectivity index (χ0v) is 21.2. The second kappa shape index (κ2) is 10.6. The smallest absolute Gasteiger partial charge is 0.266 e. The third-order valence-electron chi connectivity index (χ3n) is 4.65. The van der Waals surface area contributed by atoms with Crippen LogP contribution in [0.4, 0.5) is 5.13 Å². The summed E-state index contributed by atoms with van der Waals surface area (Å²) >= 11 is 9.39. The Hall–Kier alpha value is -2.53. The number of aromatic nitrogens is 2. The van der Waals surface area contributed by atoms with E-state index in [9.17, 15) is 9.59 Å². The number of benzene rings is 2. The monoisotopic (exact) mass is 512 g/mol. The Morgan fingerprint density at radius 3 is 2.70 bits per heavy atom. The summed E-state index contributed by atoms with van der Waals surface area (Å²) in [6.45, 7) is 3.90. The van der Waals surface area contributed by atoms with E-state index in [1.165, 1.54) is 39.1 Å². The molecule has 0 atom stereocenters. The molecule has 33 heavy (non-hydrogen) atoms. The van der Waals surface area contributed by atoms with Gasteiger partial charge in [-0.05, 0) is 31.1 Å². The number of hydrogen-bond acceptors (Lipinski definition) is 8. The van der Waals surface area contributed by atoms with Gasteiger partial charge in [-0.1, -0.05) is 107 Å². The summed E-state index contributed by atoms with van der Waals surface area (Å²) in [5.41, 5.74) is 4.47. The van der Waals surface area contributed by atoms with Crippen LogP contribution < -0.4 is 5.32 Å². The fourth-order valence-electron chi connectivity index (χ4n) is 3.02. The number of nitrogens with one attached hydrogen (secondary N) is 1. The SMILES string of the molecule is Cc1ccc(/C=C2\SC(=S)N(CC(=O)Nc3nnc(SCc4cccc(C)c4)s3)C2=O)cc1. The minimum Gasteiger partial charge on any atom is -0.299 e. The van der Waals surface area contributed by atoms with E-state index in [4.69, 9.17) is 12.2 Å². The van der Waals surface area contributed by atoms with Crippen LogP contribution in [0.1, 0.15) is 22.3 Å². The number of thiocarbonyl (C=S) groups is 1. The van der Waals surface area contributed by atoms with Gasteiger partial charge in [-0.2, -0.15) is 0 Å². The Bertz CT molecular complexity index is 1240. The molecular weight excluding hydrogens is 493 g/mol. The maximum atomic E-state index is 12.8. The number of carbonyl (C=O) groups excluding carboxylic acids is 2. The van der Waals surface area contributed by atoms with Crippen LogP contribution in [0.2, 0.25) is 0 Å². The minimum atomic E-state index is -0.366. The Morgan fingerprint density at radius 1 is 1.15 bits per heavy atom. The van der Waals surface area contributed by atoms with E-state index in [0.29, 0.717) is 14.4 Å². The molecule has 3 aromatic rings. The number of rotatable bonds is 7. The third kappa shape index (κ3) is 6.29. The number of nitrogens with zero attached hydrogens (tertiary/aromatic N) is 3.